The number of allylic oxidation sites excluding steroid dienone is 1. The minimum atomic E-state index is -0.258. The molecule has 4 rings (SSSR count). The Morgan fingerprint density at radius 2 is 1.94 bits per heavy atom. The van der Waals surface area contributed by atoms with Gasteiger partial charge in [0.05, 0.1) is 24.8 Å². The van der Waals surface area contributed by atoms with Crippen molar-refractivity contribution in [2.75, 3.05) is 20.3 Å². The molecule has 0 amide bonds. The molecule has 0 bridgehead atoms. The van der Waals surface area contributed by atoms with Gasteiger partial charge in [-0.25, -0.2) is 0 Å². The average Bonchev–Trinajstić information content (AvgIpc) is 3.33. The van der Waals surface area contributed by atoms with Crippen molar-refractivity contribution in [1.29, 1.82) is 0 Å². The zero-order valence-electron chi connectivity index (χ0n) is 20.9. The zero-order chi connectivity index (χ0) is 24.9. The van der Waals surface area contributed by atoms with Gasteiger partial charge in [0.15, 0.2) is 5.11 Å². The monoisotopic (exact) mass is 492 g/mol. The summed E-state index contributed by atoms with van der Waals surface area (Å²) in [6.07, 6.45) is 1.04. The summed E-state index contributed by atoms with van der Waals surface area (Å²) in [4.78, 5) is 6.88. The second-order valence-corrected chi connectivity index (χ2v) is 9.26. The predicted octanol–water partition coefficient (Wildman–Crippen LogP) is 5.53. The van der Waals surface area contributed by atoms with Crippen LogP contribution in [0.15, 0.2) is 58.8 Å². The summed E-state index contributed by atoms with van der Waals surface area (Å²) < 4.78 is 17.0. The molecule has 1 N–H and O–H groups in total. The average molecular weight is 493 g/mol. The number of benzene rings is 2. The molecule has 0 saturated heterocycles. The Balaban J connectivity index is 1.73. The molecule has 35 heavy (non-hydrogen) atoms. The van der Waals surface area contributed by atoms with Gasteiger partial charge in [-0.3, -0.25) is 0 Å². The topological polar surface area (TPSA) is 72.7 Å². The maximum Gasteiger partial charge on any atom is 0.258 e. The van der Waals surface area contributed by atoms with E-state index in [4.69, 9.17) is 31.2 Å². The van der Waals surface area contributed by atoms with E-state index in [1.54, 1.807) is 7.11 Å². The van der Waals surface area contributed by atoms with Crippen molar-refractivity contribution < 1.29 is 14.0 Å². The summed E-state index contributed by atoms with van der Waals surface area (Å²) in [5.41, 5.74) is 4.92. The van der Waals surface area contributed by atoms with Gasteiger partial charge >= 0.3 is 0 Å². The fourth-order valence-corrected chi connectivity index (χ4v) is 4.52. The molecule has 1 atom stereocenters. The van der Waals surface area contributed by atoms with Crippen LogP contribution in [0.5, 0.6) is 5.75 Å². The number of hydrogen-bond donors (Lipinski definition) is 1. The molecule has 0 spiro atoms. The molecule has 2 aromatic carbocycles. The Bertz CT molecular complexity index is 1220. The van der Waals surface area contributed by atoms with Crippen molar-refractivity contribution in [3.8, 4) is 17.1 Å². The molecule has 8 heteroatoms. The van der Waals surface area contributed by atoms with Gasteiger partial charge in [-0.2, -0.15) is 4.98 Å². The highest BCUT2D eigenvalue weighted by atomic mass is 32.1. The van der Waals surface area contributed by atoms with Gasteiger partial charge in [0, 0.05) is 24.4 Å². The summed E-state index contributed by atoms with van der Waals surface area (Å²) in [6.45, 7) is 9.56. The third-order valence-corrected chi connectivity index (χ3v) is 6.27. The molecular weight excluding hydrogens is 460 g/mol. The summed E-state index contributed by atoms with van der Waals surface area (Å²) in [5, 5.41) is 8.44. The summed E-state index contributed by atoms with van der Waals surface area (Å²) in [6, 6.07) is 15.7. The van der Waals surface area contributed by atoms with Gasteiger partial charge in [0.2, 0.25) is 5.82 Å². The maximum absolute atomic E-state index is 5.83. The number of methoxy groups -OCH3 is 1. The summed E-state index contributed by atoms with van der Waals surface area (Å²) >= 11 is 5.78. The summed E-state index contributed by atoms with van der Waals surface area (Å²) in [7, 11) is 1.66. The minimum absolute atomic E-state index is 0.199. The van der Waals surface area contributed by atoms with E-state index in [0.717, 1.165) is 46.7 Å². The molecule has 7 nitrogen and oxygen atoms in total. The van der Waals surface area contributed by atoms with E-state index in [9.17, 15) is 0 Å². The van der Waals surface area contributed by atoms with Gasteiger partial charge in [0.1, 0.15) is 5.75 Å². The molecule has 184 valence electrons. The first-order chi connectivity index (χ1) is 16.9. The smallest absolute Gasteiger partial charge is 0.258 e. The van der Waals surface area contributed by atoms with E-state index in [0.29, 0.717) is 23.4 Å². The number of nitrogens with zero attached hydrogens (tertiary/aromatic N) is 3. The molecule has 1 aliphatic rings. The van der Waals surface area contributed by atoms with Gasteiger partial charge in [-0.05, 0) is 70.1 Å². The molecule has 1 aromatic heterocycles. The SMILES string of the molecule is COc1cccc(C2NC(=S)N(CCCOC(C)C)C(C)=C2c2nc(-c3cccc(C)c3)no2)c1. The maximum atomic E-state index is 5.83. The van der Waals surface area contributed by atoms with Crippen LogP contribution in [0.2, 0.25) is 0 Å². The van der Waals surface area contributed by atoms with E-state index in [-0.39, 0.29) is 12.1 Å². The third-order valence-electron chi connectivity index (χ3n) is 5.93. The Labute approximate surface area is 212 Å². The summed E-state index contributed by atoms with van der Waals surface area (Å²) in [5.74, 6) is 1.79. The number of ether oxygens (including phenoxy) is 2. The first-order valence-electron chi connectivity index (χ1n) is 11.8. The fraction of sp³-hybridized carbons (Fsp3) is 0.370. The second-order valence-electron chi connectivity index (χ2n) is 8.88. The molecule has 0 saturated carbocycles. The van der Waals surface area contributed by atoms with E-state index in [1.807, 2.05) is 69.3 Å². The van der Waals surface area contributed by atoms with Crippen molar-refractivity contribution in [2.45, 2.75) is 46.3 Å². The number of hydrogen-bond acceptors (Lipinski definition) is 6. The van der Waals surface area contributed by atoms with Gasteiger partial charge in [0.25, 0.3) is 5.89 Å². The fourth-order valence-electron chi connectivity index (χ4n) is 4.17. The highest BCUT2D eigenvalue weighted by molar-refractivity contribution is 7.80. The number of nitrogens with one attached hydrogen (secondary N) is 1. The van der Waals surface area contributed by atoms with Gasteiger partial charge < -0.3 is 24.2 Å². The van der Waals surface area contributed by atoms with Crippen LogP contribution in [0.1, 0.15) is 50.3 Å². The normalized spacial score (nSPS) is 16.1. The number of rotatable bonds is 9. The first kappa shape index (κ1) is 24.9. The molecule has 2 heterocycles. The third kappa shape index (κ3) is 5.71. The van der Waals surface area contributed by atoms with Crippen molar-refractivity contribution in [3.05, 3.63) is 71.2 Å². The van der Waals surface area contributed by atoms with E-state index in [2.05, 4.69) is 22.3 Å². The van der Waals surface area contributed by atoms with Crippen LogP contribution in [-0.4, -0.2) is 46.5 Å². The minimum Gasteiger partial charge on any atom is -0.497 e. The molecule has 0 radical (unpaired) electrons. The van der Waals surface area contributed by atoms with Crippen molar-refractivity contribution in [1.82, 2.24) is 20.4 Å². The van der Waals surface area contributed by atoms with E-state index >= 15 is 0 Å². The van der Waals surface area contributed by atoms with Crippen LogP contribution in [0.25, 0.3) is 17.0 Å². The molecule has 1 aliphatic heterocycles. The Hall–Kier alpha value is -3.23. The predicted molar refractivity (Wildman–Crippen MR) is 141 cm³/mol. The number of thiocarbonyl (C=S) groups is 1. The highest BCUT2D eigenvalue weighted by Gasteiger charge is 2.34. The van der Waals surface area contributed by atoms with E-state index < -0.39 is 0 Å². The lowest BCUT2D eigenvalue weighted by Crippen LogP contribution is -2.46. The van der Waals surface area contributed by atoms with Crippen LogP contribution >= 0.6 is 12.2 Å². The van der Waals surface area contributed by atoms with Crippen LogP contribution in [0.3, 0.4) is 0 Å². The number of aromatic nitrogens is 2. The largest absolute Gasteiger partial charge is 0.497 e. The van der Waals surface area contributed by atoms with Crippen LogP contribution in [0, 0.1) is 6.92 Å². The Morgan fingerprint density at radius 1 is 1.14 bits per heavy atom. The molecule has 0 fully saturated rings. The molecular formula is C27H32N4O3S. The lowest BCUT2D eigenvalue weighted by atomic mass is 9.94. The highest BCUT2D eigenvalue weighted by Crippen LogP contribution is 2.38. The van der Waals surface area contributed by atoms with Crippen LogP contribution in [-0.2, 0) is 4.74 Å². The van der Waals surface area contributed by atoms with Gasteiger partial charge in [-0.1, -0.05) is 41.1 Å². The zero-order valence-corrected chi connectivity index (χ0v) is 21.7. The molecule has 3 aromatic rings. The van der Waals surface area contributed by atoms with Crippen molar-refractivity contribution in [2.24, 2.45) is 0 Å². The molecule has 0 aliphatic carbocycles. The quantitative estimate of drug-likeness (QED) is 0.309. The van der Waals surface area contributed by atoms with Crippen LogP contribution in [0.4, 0.5) is 0 Å². The number of aryl methyl sites for hydroxylation is 1. The second kappa shape index (κ2) is 11.0. The first-order valence-corrected chi connectivity index (χ1v) is 12.2. The molecule has 1 unspecified atom stereocenters. The van der Waals surface area contributed by atoms with Crippen molar-refractivity contribution in [3.63, 3.8) is 0 Å². The van der Waals surface area contributed by atoms with Crippen molar-refractivity contribution >= 4 is 22.9 Å². The standard InChI is InChI=1S/C27H32N4O3S/c1-17(2)33-14-8-13-31-19(4)23(24(28-27(31)35)20-10-7-12-22(16-20)32-5)26-29-25(30-34-26)21-11-6-9-18(3)15-21/h6-7,9-12,15-17,24H,8,13-14H2,1-5H3,(H,28,35). The van der Waals surface area contributed by atoms with Crippen LogP contribution < -0.4 is 10.1 Å². The Kier molecular flexibility index (Phi) is 7.83. The lowest BCUT2D eigenvalue weighted by Gasteiger charge is -2.37. The van der Waals surface area contributed by atoms with Gasteiger partial charge in [-0.15, -0.1) is 0 Å². The van der Waals surface area contributed by atoms with E-state index in [1.165, 1.54) is 0 Å². The Morgan fingerprint density at radius 3 is 2.69 bits per heavy atom. The lowest BCUT2D eigenvalue weighted by molar-refractivity contribution is 0.0749.